The highest BCUT2D eigenvalue weighted by Gasteiger charge is 2.36. The van der Waals surface area contributed by atoms with E-state index in [0.717, 1.165) is 4.40 Å². The molecule has 0 radical (unpaired) electrons. The van der Waals surface area contributed by atoms with Gasteiger partial charge < -0.3 is 5.73 Å². The van der Waals surface area contributed by atoms with Gasteiger partial charge in [0.1, 0.15) is 0 Å². The van der Waals surface area contributed by atoms with Crippen molar-refractivity contribution in [3.8, 4) is 0 Å². The highest BCUT2D eigenvalue weighted by Crippen LogP contribution is 2.29. The van der Waals surface area contributed by atoms with Crippen LogP contribution in [0.1, 0.15) is 11.5 Å². The molecule has 0 saturated carbocycles. The number of nitrogens with zero attached hydrogens (tertiary/aromatic N) is 2. The Labute approximate surface area is 89.7 Å². The summed E-state index contributed by atoms with van der Waals surface area (Å²) in [5.74, 6) is -0.897. The Bertz CT molecular complexity index is 501. The van der Waals surface area contributed by atoms with Crippen molar-refractivity contribution in [3.05, 3.63) is 35.9 Å². The molecular formula is C10H10F3N3. The Morgan fingerprint density at radius 2 is 2.06 bits per heavy atom. The van der Waals surface area contributed by atoms with Crippen molar-refractivity contribution in [2.45, 2.75) is 12.6 Å². The van der Waals surface area contributed by atoms with E-state index in [1.54, 1.807) is 18.2 Å². The van der Waals surface area contributed by atoms with E-state index in [2.05, 4.69) is 4.98 Å². The Morgan fingerprint density at radius 1 is 1.31 bits per heavy atom. The monoisotopic (exact) mass is 229 g/mol. The summed E-state index contributed by atoms with van der Waals surface area (Å²) in [6, 6.07) is 4.90. The van der Waals surface area contributed by atoms with Crippen LogP contribution in [0, 0.1) is 0 Å². The molecule has 3 nitrogen and oxygen atoms in total. The van der Waals surface area contributed by atoms with E-state index in [0.29, 0.717) is 24.2 Å². The van der Waals surface area contributed by atoms with Gasteiger partial charge >= 0.3 is 6.18 Å². The number of aromatic nitrogens is 2. The van der Waals surface area contributed by atoms with Crippen molar-refractivity contribution in [2.24, 2.45) is 5.73 Å². The molecule has 2 aromatic heterocycles. The Morgan fingerprint density at radius 3 is 2.69 bits per heavy atom. The summed E-state index contributed by atoms with van der Waals surface area (Å²) in [7, 11) is 0. The van der Waals surface area contributed by atoms with Crippen molar-refractivity contribution in [1.82, 2.24) is 9.38 Å². The second-order valence-electron chi connectivity index (χ2n) is 3.40. The zero-order chi connectivity index (χ0) is 11.8. The van der Waals surface area contributed by atoms with Crippen LogP contribution >= 0.6 is 0 Å². The van der Waals surface area contributed by atoms with Crippen molar-refractivity contribution in [1.29, 1.82) is 0 Å². The van der Waals surface area contributed by atoms with Gasteiger partial charge in [0.2, 0.25) is 5.82 Å². The molecule has 0 aliphatic carbocycles. The molecular weight excluding hydrogens is 219 g/mol. The molecule has 0 atom stereocenters. The average Bonchev–Trinajstić information content (AvgIpc) is 2.62. The Balaban J connectivity index is 2.68. The van der Waals surface area contributed by atoms with Gasteiger partial charge in [-0.05, 0) is 18.7 Å². The molecule has 0 spiro atoms. The summed E-state index contributed by atoms with van der Waals surface area (Å²) < 4.78 is 39.1. The lowest BCUT2D eigenvalue weighted by atomic mass is 10.2. The van der Waals surface area contributed by atoms with Crippen molar-refractivity contribution >= 4 is 5.52 Å². The summed E-state index contributed by atoms with van der Waals surface area (Å²) in [5.41, 5.74) is 6.31. The highest BCUT2D eigenvalue weighted by molar-refractivity contribution is 5.48. The summed E-state index contributed by atoms with van der Waals surface area (Å²) in [6.45, 7) is 0.300. The third kappa shape index (κ3) is 1.76. The third-order valence-electron chi connectivity index (χ3n) is 2.29. The predicted octanol–water partition coefficient (Wildman–Crippen LogP) is 1.85. The van der Waals surface area contributed by atoms with Gasteiger partial charge in [-0.25, -0.2) is 4.98 Å². The lowest BCUT2D eigenvalue weighted by molar-refractivity contribution is -0.145. The first-order chi connectivity index (χ1) is 7.54. The van der Waals surface area contributed by atoms with Crippen LogP contribution < -0.4 is 5.73 Å². The van der Waals surface area contributed by atoms with Crippen molar-refractivity contribution in [2.75, 3.05) is 6.54 Å². The van der Waals surface area contributed by atoms with Gasteiger partial charge in [-0.2, -0.15) is 13.2 Å². The molecule has 86 valence electrons. The van der Waals surface area contributed by atoms with Crippen LogP contribution in [0.5, 0.6) is 0 Å². The lowest BCUT2D eigenvalue weighted by Gasteiger charge is -2.09. The van der Waals surface area contributed by atoms with Gasteiger partial charge in [0, 0.05) is 12.1 Å². The van der Waals surface area contributed by atoms with E-state index in [-0.39, 0.29) is 0 Å². The van der Waals surface area contributed by atoms with Gasteiger partial charge in [0.25, 0.3) is 0 Å². The number of rotatable bonds is 2. The van der Waals surface area contributed by atoms with E-state index in [1.165, 1.54) is 6.20 Å². The second-order valence-corrected chi connectivity index (χ2v) is 3.40. The summed E-state index contributed by atoms with van der Waals surface area (Å²) >= 11 is 0. The zero-order valence-electron chi connectivity index (χ0n) is 8.33. The number of pyridine rings is 1. The topological polar surface area (TPSA) is 43.3 Å². The molecule has 0 aromatic carbocycles. The quantitative estimate of drug-likeness (QED) is 0.854. The molecule has 0 aliphatic heterocycles. The fourth-order valence-corrected chi connectivity index (χ4v) is 1.66. The molecule has 0 aliphatic rings. The minimum absolute atomic E-state index is 0.300. The first-order valence-corrected chi connectivity index (χ1v) is 4.76. The van der Waals surface area contributed by atoms with Gasteiger partial charge in [-0.1, -0.05) is 6.07 Å². The van der Waals surface area contributed by atoms with Crippen LogP contribution in [0.4, 0.5) is 13.2 Å². The summed E-state index contributed by atoms with van der Waals surface area (Å²) in [4.78, 5) is 3.41. The summed E-state index contributed by atoms with van der Waals surface area (Å²) in [5, 5.41) is 0. The smallest absolute Gasteiger partial charge is 0.330 e. The largest absolute Gasteiger partial charge is 0.450 e. The number of hydrogen-bond donors (Lipinski definition) is 1. The molecule has 0 amide bonds. The van der Waals surface area contributed by atoms with Crippen LogP contribution in [0.2, 0.25) is 0 Å². The number of alkyl halides is 3. The molecule has 2 rings (SSSR count). The van der Waals surface area contributed by atoms with E-state index >= 15 is 0 Å². The maximum Gasteiger partial charge on any atom is 0.450 e. The van der Waals surface area contributed by atoms with E-state index < -0.39 is 12.0 Å². The second kappa shape index (κ2) is 3.79. The number of nitrogens with two attached hydrogens (primary N) is 1. The fraction of sp³-hybridized carbons (Fsp3) is 0.300. The highest BCUT2D eigenvalue weighted by atomic mass is 19.4. The van der Waals surface area contributed by atoms with Crippen LogP contribution in [0.3, 0.4) is 0 Å². The molecule has 6 heteroatoms. The van der Waals surface area contributed by atoms with Crippen molar-refractivity contribution in [3.63, 3.8) is 0 Å². The average molecular weight is 229 g/mol. The summed E-state index contributed by atoms with van der Waals surface area (Å²) in [6.07, 6.45) is -2.85. The molecule has 0 unspecified atom stereocenters. The number of hydrogen-bond acceptors (Lipinski definition) is 2. The normalized spacial score (nSPS) is 12.2. The van der Waals surface area contributed by atoms with E-state index in [4.69, 9.17) is 5.73 Å². The molecule has 2 aromatic rings. The first-order valence-electron chi connectivity index (χ1n) is 4.76. The molecule has 0 fully saturated rings. The first kappa shape index (κ1) is 10.9. The maximum absolute atomic E-state index is 12.7. The maximum atomic E-state index is 12.7. The molecule has 2 heterocycles. The SMILES string of the molecule is NCCc1cccc2cnc(C(F)(F)F)n12. The minimum Gasteiger partial charge on any atom is -0.330 e. The lowest BCUT2D eigenvalue weighted by Crippen LogP contribution is -2.15. The fourth-order valence-electron chi connectivity index (χ4n) is 1.66. The van der Waals surface area contributed by atoms with E-state index in [9.17, 15) is 13.2 Å². The van der Waals surface area contributed by atoms with Crippen LogP contribution in [-0.4, -0.2) is 15.9 Å². The Hall–Kier alpha value is -1.56. The van der Waals surface area contributed by atoms with Crippen LogP contribution in [0.15, 0.2) is 24.4 Å². The van der Waals surface area contributed by atoms with Crippen LogP contribution in [0.25, 0.3) is 5.52 Å². The zero-order valence-corrected chi connectivity index (χ0v) is 8.33. The van der Waals surface area contributed by atoms with Crippen molar-refractivity contribution < 1.29 is 13.2 Å². The van der Waals surface area contributed by atoms with Gasteiger partial charge in [0.05, 0.1) is 11.7 Å². The third-order valence-corrected chi connectivity index (χ3v) is 2.29. The molecule has 0 saturated heterocycles. The van der Waals surface area contributed by atoms with Gasteiger partial charge in [-0.15, -0.1) is 0 Å². The number of imidazole rings is 1. The number of fused-ring (bicyclic) bond motifs is 1. The van der Waals surface area contributed by atoms with Crippen LogP contribution in [-0.2, 0) is 12.6 Å². The standard InChI is InChI=1S/C10H10F3N3/c11-10(12,13)9-15-6-8-3-1-2-7(4-5-14)16(8)9/h1-3,6H,4-5,14H2. The minimum atomic E-state index is -4.45. The molecule has 16 heavy (non-hydrogen) atoms. The number of halogens is 3. The molecule has 0 bridgehead atoms. The Kier molecular flexibility index (Phi) is 2.59. The van der Waals surface area contributed by atoms with Gasteiger partial charge in [0.15, 0.2) is 0 Å². The molecule has 2 N–H and O–H groups in total. The van der Waals surface area contributed by atoms with Gasteiger partial charge in [-0.3, -0.25) is 4.40 Å². The predicted molar refractivity (Wildman–Crippen MR) is 53.0 cm³/mol. The van der Waals surface area contributed by atoms with E-state index in [1.807, 2.05) is 0 Å².